The van der Waals surface area contributed by atoms with Crippen molar-refractivity contribution in [2.75, 3.05) is 0 Å². The summed E-state index contributed by atoms with van der Waals surface area (Å²) in [6, 6.07) is 0. The maximum atomic E-state index is 13.3. The lowest BCUT2D eigenvalue weighted by Crippen LogP contribution is -2.55. The fourth-order valence-corrected chi connectivity index (χ4v) is 7.20. The van der Waals surface area contributed by atoms with Crippen LogP contribution in [0.2, 0.25) is 0 Å². The van der Waals surface area contributed by atoms with E-state index in [9.17, 15) is 46.8 Å². The van der Waals surface area contributed by atoms with Gasteiger partial charge in [0.2, 0.25) is 0 Å². The molecular formula is C32H44F6O4. The van der Waals surface area contributed by atoms with Crippen molar-refractivity contribution in [3.63, 3.8) is 0 Å². The van der Waals surface area contributed by atoms with E-state index in [2.05, 4.69) is 6.58 Å². The summed E-state index contributed by atoms with van der Waals surface area (Å²) in [4.78, 5) is 0. The molecule has 0 saturated heterocycles. The Morgan fingerprint density at radius 2 is 1.76 bits per heavy atom. The van der Waals surface area contributed by atoms with E-state index >= 15 is 0 Å². The van der Waals surface area contributed by atoms with Crippen molar-refractivity contribution < 1.29 is 55.0 Å². The van der Waals surface area contributed by atoms with Crippen LogP contribution in [0.25, 0.3) is 0 Å². The van der Waals surface area contributed by atoms with Crippen LogP contribution in [0, 0.1) is 35.0 Å². The van der Waals surface area contributed by atoms with E-state index in [1.807, 2.05) is 25.0 Å². The highest BCUT2D eigenvalue weighted by atomic mass is 19.4. The predicted molar refractivity (Wildman–Crippen MR) is 148 cm³/mol. The molecule has 10 heteroatoms. The van der Waals surface area contributed by atoms with Gasteiger partial charge in [0.15, 0.2) is 0 Å². The molecule has 0 aliphatic heterocycles. The zero-order valence-corrected chi connectivity index (χ0v) is 23.6. The maximum absolute atomic E-state index is 13.3. The van der Waals surface area contributed by atoms with E-state index in [0.29, 0.717) is 49.7 Å². The first kappa shape index (κ1) is 26.6. The summed E-state index contributed by atoms with van der Waals surface area (Å²) < 4.78 is 126. The van der Waals surface area contributed by atoms with E-state index in [0.717, 1.165) is 11.5 Å². The van der Waals surface area contributed by atoms with E-state index in [1.165, 1.54) is 0 Å². The van der Waals surface area contributed by atoms with Crippen molar-refractivity contribution in [1.29, 1.82) is 0 Å². The molecule has 0 aromatic carbocycles. The molecule has 4 nitrogen and oxygen atoms in total. The summed E-state index contributed by atoms with van der Waals surface area (Å²) >= 11 is 0. The van der Waals surface area contributed by atoms with Gasteiger partial charge in [0.05, 0.1) is 17.8 Å². The van der Waals surface area contributed by atoms with Crippen molar-refractivity contribution in [1.82, 2.24) is 0 Å². The molecule has 0 aromatic heterocycles. The number of hydrogen-bond donors (Lipinski definition) is 4. The third-order valence-electron chi connectivity index (χ3n) is 9.44. The highest BCUT2D eigenvalue weighted by Gasteiger charge is 2.70. The van der Waals surface area contributed by atoms with Crippen LogP contribution in [-0.2, 0) is 0 Å². The molecule has 0 unspecified atom stereocenters. The molecule has 238 valence electrons. The van der Waals surface area contributed by atoms with Crippen LogP contribution in [-0.4, -0.2) is 56.2 Å². The summed E-state index contributed by atoms with van der Waals surface area (Å²) in [6.07, 6.45) is -7.99. The van der Waals surface area contributed by atoms with E-state index in [1.54, 1.807) is 0 Å². The highest BCUT2D eigenvalue weighted by Crippen LogP contribution is 2.60. The quantitative estimate of drug-likeness (QED) is 0.186. The molecule has 6 atom stereocenters. The summed E-state index contributed by atoms with van der Waals surface area (Å²) in [5.74, 6) is 1.83. The van der Waals surface area contributed by atoms with Crippen molar-refractivity contribution >= 4 is 0 Å². The molecule has 0 heterocycles. The first-order chi connectivity index (χ1) is 21.7. The van der Waals surface area contributed by atoms with Crippen LogP contribution in [0.5, 0.6) is 0 Å². The Hall–Kier alpha value is -1.80. The Labute approximate surface area is 253 Å². The number of fused-ring (bicyclic) bond motifs is 1. The van der Waals surface area contributed by atoms with Crippen LogP contribution < -0.4 is 0 Å². The Balaban J connectivity index is 1.97. The van der Waals surface area contributed by atoms with Crippen molar-refractivity contribution in [2.45, 2.75) is 127 Å². The normalized spacial score (nSPS) is 34.8. The number of aliphatic hydroxyl groups excluding tert-OH is 2. The van der Waals surface area contributed by atoms with Crippen molar-refractivity contribution in [3.8, 4) is 11.8 Å². The van der Waals surface area contributed by atoms with Gasteiger partial charge in [-0.15, -0.1) is 0 Å². The molecule has 3 rings (SSSR count). The second-order valence-electron chi connectivity index (χ2n) is 12.4. The minimum absolute atomic E-state index is 0.0424. The summed E-state index contributed by atoms with van der Waals surface area (Å²) in [5, 5.41) is 40.6. The van der Waals surface area contributed by atoms with Gasteiger partial charge in [-0.1, -0.05) is 43.6 Å². The fourth-order valence-electron chi connectivity index (χ4n) is 7.20. The van der Waals surface area contributed by atoms with Gasteiger partial charge in [-0.3, -0.25) is 0 Å². The lowest BCUT2D eigenvalue weighted by Gasteiger charge is -2.45. The second-order valence-corrected chi connectivity index (χ2v) is 12.4. The molecule has 0 aromatic rings. The van der Waals surface area contributed by atoms with Gasteiger partial charge >= 0.3 is 18.0 Å². The van der Waals surface area contributed by atoms with Gasteiger partial charge in [-0.2, -0.15) is 26.3 Å². The van der Waals surface area contributed by atoms with Crippen molar-refractivity contribution in [3.05, 3.63) is 35.5 Å². The molecular weight excluding hydrogens is 562 g/mol. The number of aliphatic hydroxyl groups is 4. The molecule has 3 aliphatic rings. The van der Waals surface area contributed by atoms with E-state index in [-0.39, 0.29) is 31.1 Å². The highest BCUT2D eigenvalue weighted by molar-refractivity contribution is 5.38. The van der Waals surface area contributed by atoms with E-state index < -0.39 is 73.6 Å². The third-order valence-corrected chi connectivity index (χ3v) is 9.44. The molecule has 3 aliphatic carbocycles. The monoisotopic (exact) mass is 612 g/mol. The van der Waals surface area contributed by atoms with Crippen LogP contribution in [0.15, 0.2) is 35.5 Å². The number of allylic oxidation sites excluding steroid dienone is 3. The number of hydrogen-bond acceptors (Lipinski definition) is 4. The smallest absolute Gasteiger partial charge is 0.393 e. The van der Waals surface area contributed by atoms with Gasteiger partial charge in [0.1, 0.15) is 0 Å². The van der Waals surface area contributed by atoms with E-state index in [4.69, 9.17) is 8.22 Å². The van der Waals surface area contributed by atoms with Gasteiger partial charge in [0.25, 0.3) is 0 Å². The first-order valence-electron chi connectivity index (χ1n) is 17.2. The van der Waals surface area contributed by atoms with Gasteiger partial charge in [0, 0.05) is 21.1 Å². The lowest BCUT2D eigenvalue weighted by molar-refractivity contribution is -0.343. The maximum Gasteiger partial charge on any atom is 0.438 e. The minimum Gasteiger partial charge on any atom is -0.393 e. The minimum atomic E-state index is -6.14. The lowest BCUT2D eigenvalue weighted by atomic mass is 9.60. The number of alkyl halides is 6. The fraction of sp³-hybridized carbons (Fsp3) is 0.750. The average molecular weight is 613 g/mol. The van der Waals surface area contributed by atoms with Crippen LogP contribution in [0.1, 0.15) is 99.5 Å². The summed E-state index contributed by atoms with van der Waals surface area (Å²) in [7, 11) is 0. The number of halogens is 6. The van der Waals surface area contributed by atoms with Gasteiger partial charge in [-0.25, -0.2) is 0 Å². The predicted octanol–water partition coefficient (Wildman–Crippen LogP) is 6.93. The molecule has 4 N–H and O–H groups in total. The van der Waals surface area contributed by atoms with Crippen LogP contribution in [0.4, 0.5) is 26.3 Å². The Kier molecular flexibility index (Phi) is 8.02. The Bertz CT molecular complexity index is 1280. The molecule has 0 radical (unpaired) electrons. The standard InChI is InChI=1S/C32H44F6O4/c1-20-23(18-24(39)19-27(20)40)12-11-22-9-6-16-29(4)25(13-14-26(22)29)21(8-5-15-28(2,3)41)10-7-17-30(42,31(33,34)35)32(36,37)38/h11-12,21,24-27,39-42H,1,5-6,8-10,13-16,18-19H2,2-4H3/b22-11+,23-12+/t21-,24-,25-,26+,27+,29-/m1/s1/i2D3,3D3. The average Bonchev–Trinajstić information content (AvgIpc) is 3.28. The molecule has 42 heavy (non-hydrogen) atoms. The summed E-state index contributed by atoms with van der Waals surface area (Å²) in [5.41, 5.74) is -6.62. The zero-order valence-electron chi connectivity index (χ0n) is 29.6. The van der Waals surface area contributed by atoms with Crippen LogP contribution >= 0.6 is 0 Å². The molecule has 0 spiro atoms. The summed E-state index contributed by atoms with van der Waals surface area (Å²) in [6.45, 7) is -0.707. The Morgan fingerprint density at radius 3 is 2.38 bits per heavy atom. The molecule has 3 fully saturated rings. The van der Waals surface area contributed by atoms with Crippen molar-refractivity contribution in [2.24, 2.45) is 23.2 Å². The largest absolute Gasteiger partial charge is 0.438 e. The van der Waals surface area contributed by atoms with Gasteiger partial charge in [-0.05, 0) is 105 Å². The SMILES string of the molecule is [2H]C([2H])([2H])C(O)(CCC[C@H](CC#CC(O)(C(F)(F)F)C(F)(F)F)[C@H]1CC[C@H]2/C(=C/C=C3\C[C@@H](O)C[C@H](O)C3=C)CCC[C@]12C)C([2H])([2H])[2H]. The molecule has 3 saturated carbocycles. The second kappa shape index (κ2) is 12.7. The third kappa shape index (κ3) is 7.64. The van der Waals surface area contributed by atoms with Crippen LogP contribution in [0.3, 0.4) is 0 Å². The van der Waals surface area contributed by atoms with Gasteiger partial charge < -0.3 is 20.4 Å². The molecule has 0 bridgehead atoms. The first-order valence-corrected chi connectivity index (χ1v) is 14.2. The Morgan fingerprint density at radius 1 is 1.10 bits per heavy atom. The topological polar surface area (TPSA) is 80.9 Å². The number of rotatable bonds is 7. The zero-order chi connectivity index (χ0) is 36.7. The molecule has 0 amide bonds.